The number of carbonyl (C=O) groups is 1. The van der Waals surface area contributed by atoms with Crippen molar-refractivity contribution in [3.8, 4) is 28.3 Å². The Kier molecular flexibility index (Phi) is 8.39. The average molecular weight is 647 g/mol. The molecule has 13 nitrogen and oxygen atoms in total. The molecular formula is C30H29Cl2N11O2. The lowest BCUT2D eigenvalue weighted by atomic mass is 9.97. The highest BCUT2D eigenvalue weighted by Gasteiger charge is 2.24. The molecule has 0 spiro atoms. The molecule has 0 saturated heterocycles. The van der Waals surface area contributed by atoms with E-state index in [0.717, 1.165) is 5.56 Å². The number of aromatic amines is 1. The summed E-state index contributed by atoms with van der Waals surface area (Å²) in [6, 6.07) is 9.66. The number of halogens is 2. The van der Waals surface area contributed by atoms with Crippen molar-refractivity contribution in [2.75, 3.05) is 10.3 Å². The molecule has 1 aliphatic rings. The molecule has 230 valence electrons. The predicted octanol–water partition coefficient (Wildman–Crippen LogP) is 4.56. The number of nitrogens with two attached hydrogens (primary N) is 2. The summed E-state index contributed by atoms with van der Waals surface area (Å²) >= 11 is 12.1. The number of hydrazine groups is 1. The van der Waals surface area contributed by atoms with Crippen molar-refractivity contribution in [3.63, 3.8) is 0 Å². The molecule has 2 unspecified atom stereocenters. The number of rotatable bonds is 5. The Labute approximate surface area is 267 Å². The van der Waals surface area contributed by atoms with Gasteiger partial charge in [-0.15, -0.1) is 0 Å². The number of fused-ring (bicyclic) bond motifs is 4. The molecule has 4 aromatic heterocycles. The zero-order valence-corrected chi connectivity index (χ0v) is 25.6. The van der Waals surface area contributed by atoms with Crippen LogP contribution in [0.5, 0.6) is 0 Å². The molecule has 1 amide bonds. The molecular weight excluding hydrogens is 617 g/mol. The van der Waals surface area contributed by atoms with Gasteiger partial charge in [-0.3, -0.25) is 24.1 Å². The van der Waals surface area contributed by atoms with E-state index in [0.29, 0.717) is 64.1 Å². The van der Waals surface area contributed by atoms with Gasteiger partial charge in [-0.1, -0.05) is 36.5 Å². The van der Waals surface area contributed by atoms with Crippen molar-refractivity contribution >= 4 is 40.5 Å². The lowest BCUT2D eigenvalue weighted by Crippen LogP contribution is -2.28. The van der Waals surface area contributed by atoms with E-state index in [2.05, 4.69) is 25.3 Å². The molecule has 2 bridgehead atoms. The number of nitrogens with zero attached hydrogens (tertiary/aromatic N) is 7. The van der Waals surface area contributed by atoms with Crippen molar-refractivity contribution < 1.29 is 4.79 Å². The van der Waals surface area contributed by atoms with Crippen molar-refractivity contribution in [1.82, 2.24) is 34.3 Å². The summed E-state index contributed by atoms with van der Waals surface area (Å²) in [7, 11) is 0. The number of hydrogen-bond acceptors (Lipinski definition) is 9. The molecule has 6 rings (SSSR count). The van der Waals surface area contributed by atoms with Gasteiger partial charge in [0, 0.05) is 40.5 Å². The Morgan fingerprint density at radius 1 is 1.13 bits per heavy atom. The van der Waals surface area contributed by atoms with E-state index in [9.17, 15) is 9.59 Å². The quantitative estimate of drug-likeness (QED) is 0.121. The molecule has 0 saturated carbocycles. The number of pyridine rings is 1. The largest absolute Gasteiger partial charge is 0.388 e. The van der Waals surface area contributed by atoms with E-state index in [1.165, 1.54) is 23.6 Å². The van der Waals surface area contributed by atoms with Gasteiger partial charge in [0.1, 0.15) is 10.9 Å². The molecule has 2 atom stereocenters. The second kappa shape index (κ2) is 12.6. The first-order chi connectivity index (χ1) is 21.7. The fourth-order valence-corrected chi connectivity index (χ4v) is 5.60. The molecule has 0 radical (unpaired) electrons. The maximum absolute atomic E-state index is 13.8. The number of H-pyrrole nitrogens is 1. The molecule has 1 aromatic carbocycles. The summed E-state index contributed by atoms with van der Waals surface area (Å²) in [6.07, 6.45) is 11.3. The van der Waals surface area contributed by atoms with Crippen LogP contribution in [0.2, 0.25) is 5.02 Å². The molecule has 5 heterocycles. The molecule has 0 fully saturated rings. The van der Waals surface area contributed by atoms with Gasteiger partial charge in [0.05, 0.1) is 53.9 Å². The number of amides is 1. The van der Waals surface area contributed by atoms with E-state index in [4.69, 9.17) is 39.9 Å². The number of nitrogens with one attached hydrogen (secondary N) is 2. The highest BCUT2D eigenvalue weighted by atomic mass is 35.5. The second-order valence-corrected chi connectivity index (χ2v) is 11.5. The monoisotopic (exact) mass is 645 g/mol. The number of hydrogen-bond donors (Lipinski definition) is 4. The minimum absolute atomic E-state index is 0.0224. The Bertz CT molecular complexity index is 1950. The van der Waals surface area contributed by atoms with E-state index < -0.39 is 6.04 Å². The van der Waals surface area contributed by atoms with Crippen LogP contribution in [0.3, 0.4) is 0 Å². The summed E-state index contributed by atoms with van der Waals surface area (Å²) in [4.78, 5) is 43.4. The molecule has 1 aliphatic heterocycles. The Morgan fingerprint density at radius 2 is 1.98 bits per heavy atom. The van der Waals surface area contributed by atoms with E-state index >= 15 is 0 Å². The third-order valence-corrected chi connectivity index (χ3v) is 7.93. The normalized spacial score (nSPS) is 17.2. The van der Waals surface area contributed by atoms with Crippen LogP contribution in [0.1, 0.15) is 37.9 Å². The van der Waals surface area contributed by atoms with Gasteiger partial charge < -0.3 is 16.0 Å². The summed E-state index contributed by atoms with van der Waals surface area (Å²) < 4.78 is 3.15. The number of imidazole rings is 1. The van der Waals surface area contributed by atoms with Crippen molar-refractivity contribution in [2.45, 2.75) is 32.2 Å². The summed E-state index contributed by atoms with van der Waals surface area (Å²) in [5.41, 5.74) is 9.14. The number of aromatic nitrogens is 7. The van der Waals surface area contributed by atoms with Gasteiger partial charge in [0.15, 0.2) is 5.82 Å². The Balaban J connectivity index is 1.43. The number of benzene rings is 1. The van der Waals surface area contributed by atoms with Crippen LogP contribution in [-0.2, 0) is 4.79 Å². The van der Waals surface area contributed by atoms with Crippen molar-refractivity contribution in [1.29, 1.82) is 0 Å². The molecule has 5 aromatic rings. The third kappa shape index (κ3) is 6.32. The van der Waals surface area contributed by atoms with Crippen LogP contribution in [0.4, 0.5) is 11.4 Å². The van der Waals surface area contributed by atoms with E-state index in [-0.39, 0.29) is 22.5 Å². The summed E-state index contributed by atoms with van der Waals surface area (Å²) in [5, 5.41) is 9.41. The maximum atomic E-state index is 13.8. The lowest BCUT2D eigenvalue weighted by molar-refractivity contribution is -0.119. The van der Waals surface area contributed by atoms with Crippen molar-refractivity contribution in [2.24, 2.45) is 17.5 Å². The van der Waals surface area contributed by atoms with E-state index in [1.807, 2.05) is 19.1 Å². The SMILES string of the molecule is CC1CCCC(n2cnc(-c3cc(Cl)ccc3N(N)/C=C(\N)Cl)cc2=O)c2cc(ccn2)-c2nn(-c3c[nH]cn3)cc2NC1=O. The van der Waals surface area contributed by atoms with Crippen molar-refractivity contribution in [3.05, 3.63) is 100 Å². The topological polar surface area (TPSA) is 179 Å². The highest BCUT2D eigenvalue weighted by Crippen LogP contribution is 2.34. The van der Waals surface area contributed by atoms with Gasteiger partial charge >= 0.3 is 0 Å². The number of anilines is 2. The van der Waals surface area contributed by atoms with Crippen LogP contribution in [0, 0.1) is 5.92 Å². The fourth-order valence-electron chi connectivity index (χ4n) is 5.32. The van der Waals surface area contributed by atoms with Crippen LogP contribution >= 0.6 is 23.2 Å². The van der Waals surface area contributed by atoms with Gasteiger partial charge in [0.25, 0.3) is 5.56 Å². The predicted molar refractivity (Wildman–Crippen MR) is 172 cm³/mol. The zero-order chi connectivity index (χ0) is 31.7. The lowest BCUT2D eigenvalue weighted by Gasteiger charge is -2.22. The third-order valence-electron chi connectivity index (χ3n) is 7.60. The summed E-state index contributed by atoms with van der Waals surface area (Å²) in [5.74, 6) is 6.33. The molecule has 45 heavy (non-hydrogen) atoms. The maximum Gasteiger partial charge on any atom is 0.254 e. The van der Waals surface area contributed by atoms with E-state index in [1.54, 1.807) is 52.4 Å². The minimum atomic E-state index is -0.464. The molecule has 0 aliphatic carbocycles. The highest BCUT2D eigenvalue weighted by molar-refractivity contribution is 6.31. The van der Waals surface area contributed by atoms with Gasteiger partial charge in [-0.2, -0.15) is 5.10 Å². The van der Waals surface area contributed by atoms with Crippen LogP contribution in [0.15, 0.2) is 83.8 Å². The minimum Gasteiger partial charge on any atom is -0.388 e. The standard InChI is InChI=1S/C30H29Cl2N11O2/c1-17-3-2-4-25(41-16-38-21(11-28(41)44)20-10-19(31)5-6-24(20)42(34)14-26(32)33)22-9-18(7-8-36-22)29-23(39-30(17)45)13-43(40-29)27-12-35-15-37-27/h5-17,25H,2-4,33-34H2,1H3,(H,35,37)(H,39,45)/b26-14-. The smallest absolute Gasteiger partial charge is 0.254 e. The molecule has 6 N–H and O–H groups in total. The average Bonchev–Trinajstić information content (AvgIpc) is 3.69. The summed E-state index contributed by atoms with van der Waals surface area (Å²) in [6.45, 7) is 1.88. The van der Waals surface area contributed by atoms with Crippen LogP contribution in [0.25, 0.3) is 28.3 Å². The first kappa shape index (κ1) is 30.1. The Morgan fingerprint density at radius 3 is 2.73 bits per heavy atom. The van der Waals surface area contributed by atoms with Crippen LogP contribution in [-0.4, -0.2) is 40.2 Å². The first-order valence-electron chi connectivity index (χ1n) is 14.1. The molecule has 15 heteroatoms. The second-order valence-electron chi connectivity index (χ2n) is 10.7. The van der Waals surface area contributed by atoms with Gasteiger partial charge in [-0.05, 0) is 43.2 Å². The fraction of sp³-hybridized carbons (Fsp3) is 0.200. The number of carbonyl (C=O) groups excluding carboxylic acids is 1. The Hall–Kier alpha value is -4.98. The van der Waals surface area contributed by atoms with Gasteiger partial charge in [-0.25, -0.2) is 20.5 Å². The van der Waals surface area contributed by atoms with Crippen LogP contribution < -0.4 is 27.5 Å². The first-order valence-corrected chi connectivity index (χ1v) is 14.8. The zero-order valence-electron chi connectivity index (χ0n) is 24.1. The van der Waals surface area contributed by atoms with Gasteiger partial charge in [0.2, 0.25) is 5.91 Å².